The summed E-state index contributed by atoms with van der Waals surface area (Å²) in [7, 11) is 0. The summed E-state index contributed by atoms with van der Waals surface area (Å²) in [5, 5.41) is 2.30. The summed E-state index contributed by atoms with van der Waals surface area (Å²) in [6, 6.07) is 7.00. The molecule has 0 bridgehead atoms. The Morgan fingerprint density at radius 3 is 2.34 bits per heavy atom. The molecule has 2 unspecified atom stereocenters. The van der Waals surface area contributed by atoms with E-state index in [0.29, 0.717) is 29.6 Å². The van der Waals surface area contributed by atoms with Crippen LogP contribution in [0.1, 0.15) is 106 Å². The number of nitrogens with zero attached hydrogens (tertiary/aromatic N) is 1. The van der Waals surface area contributed by atoms with Crippen LogP contribution in [-0.4, -0.2) is 34.3 Å². The number of carbonyl (C=O) groups excluding carboxylic acids is 2. The van der Waals surface area contributed by atoms with Gasteiger partial charge in [-0.2, -0.15) is 5.06 Å². The largest absolute Gasteiger partial charge is 0.298 e. The van der Waals surface area contributed by atoms with Gasteiger partial charge in [-0.1, -0.05) is 50.5 Å². The molecule has 1 saturated heterocycles. The van der Waals surface area contributed by atoms with Crippen LogP contribution in [0.5, 0.6) is 0 Å². The van der Waals surface area contributed by atoms with Crippen LogP contribution in [0.25, 0.3) is 0 Å². The second kappa shape index (κ2) is 9.09. The van der Waals surface area contributed by atoms with Gasteiger partial charge in [-0.15, -0.1) is 0 Å². The van der Waals surface area contributed by atoms with Crippen LogP contribution in [0.4, 0.5) is 0 Å². The van der Waals surface area contributed by atoms with Crippen LogP contribution in [0.3, 0.4) is 0 Å². The van der Waals surface area contributed by atoms with Gasteiger partial charge >= 0.3 is 0 Å². The molecule has 0 N–H and O–H groups in total. The first-order valence-electron chi connectivity index (χ1n) is 11.3. The van der Waals surface area contributed by atoms with Crippen molar-refractivity contribution in [3.05, 3.63) is 35.4 Å². The molecule has 1 saturated carbocycles. The van der Waals surface area contributed by atoms with E-state index in [1.807, 2.05) is 0 Å². The SMILES string of the molecule is CCC1(C)CC(CC(=O)c2ccc(C=O)cc2)CC(C)(C)N1OC1CCCCC1. The fourth-order valence-electron chi connectivity index (χ4n) is 5.45. The minimum atomic E-state index is -0.104. The highest BCUT2D eigenvalue weighted by Gasteiger charge is 2.49. The van der Waals surface area contributed by atoms with Crippen molar-refractivity contribution in [3.63, 3.8) is 0 Å². The lowest BCUT2D eigenvalue weighted by atomic mass is 9.71. The first kappa shape index (κ1) is 22.2. The number of aldehydes is 1. The van der Waals surface area contributed by atoms with Crippen molar-refractivity contribution >= 4 is 12.1 Å². The number of hydrogen-bond acceptors (Lipinski definition) is 4. The third kappa shape index (κ3) is 5.16. The van der Waals surface area contributed by atoms with Crippen molar-refractivity contribution in [1.29, 1.82) is 0 Å². The highest BCUT2D eigenvalue weighted by atomic mass is 16.7. The summed E-state index contributed by atoms with van der Waals surface area (Å²) >= 11 is 0. The molecule has 2 atom stereocenters. The van der Waals surface area contributed by atoms with Crippen LogP contribution >= 0.6 is 0 Å². The number of Topliss-reactive ketones (excluding diaryl/α,β-unsaturated/α-hetero) is 1. The topological polar surface area (TPSA) is 46.6 Å². The molecule has 1 aliphatic heterocycles. The Labute approximate surface area is 176 Å². The van der Waals surface area contributed by atoms with E-state index in [2.05, 4.69) is 32.8 Å². The standard InChI is InChI=1S/C25H37NO3/c1-5-25(4)17-20(15-23(28)21-13-11-19(18-27)12-14-21)16-24(2,3)26(25)29-22-9-7-6-8-10-22/h11-14,18,20,22H,5-10,15-17H2,1-4H3. The molecule has 160 valence electrons. The number of rotatable bonds is 7. The molecule has 1 aromatic carbocycles. The van der Waals surface area contributed by atoms with Crippen molar-refractivity contribution in [3.8, 4) is 0 Å². The lowest BCUT2D eigenvalue weighted by Crippen LogP contribution is -2.62. The van der Waals surface area contributed by atoms with Crippen molar-refractivity contribution in [1.82, 2.24) is 5.06 Å². The van der Waals surface area contributed by atoms with Gasteiger partial charge in [0.2, 0.25) is 0 Å². The van der Waals surface area contributed by atoms with Gasteiger partial charge in [-0.3, -0.25) is 14.4 Å². The Kier molecular flexibility index (Phi) is 6.95. The average molecular weight is 400 g/mol. The summed E-state index contributed by atoms with van der Waals surface area (Å²) in [4.78, 5) is 30.4. The third-order valence-corrected chi connectivity index (χ3v) is 6.97. The van der Waals surface area contributed by atoms with Crippen molar-refractivity contribution in [2.75, 3.05) is 0 Å². The Morgan fingerprint density at radius 1 is 1.10 bits per heavy atom. The molecular formula is C25H37NO3. The zero-order valence-corrected chi connectivity index (χ0v) is 18.6. The molecule has 29 heavy (non-hydrogen) atoms. The van der Waals surface area contributed by atoms with E-state index in [4.69, 9.17) is 4.84 Å². The molecule has 0 aromatic heterocycles. The number of piperidine rings is 1. The maximum Gasteiger partial charge on any atom is 0.163 e. The molecule has 4 heteroatoms. The predicted octanol–water partition coefficient (Wildman–Crippen LogP) is 6.00. The van der Waals surface area contributed by atoms with Crippen LogP contribution in [0.2, 0.25) is 0 Å². The van der Waals surface area contributed by atoms with Crippen LogP contribution in [0, 0.1) is 5.92 Å². The predicted molar refractivity (Wildman–Crippen MR) is 116 cm³/mol. The Morgan fingerprint density at radius 2 is 1.76 bits per heavy atom. The van der Waals surface area contributed by atoms with E-state index < -0.39 is 0 Å². The minimum Gasteiger partial charge on any atom is -0.298 e. The molecular weight excluding hydrogens is 362 g/mol. The van der Waals surface area contributed by atoms with Crippen LogP contribution in [0.15, 0.2) is 24.3 Å². The zero-order valence-electron chi connectivity index (χ0n) is 18.6. The lowest BCUT2D eigenvalue weighted by molar-refractivity contribution is -0.318. The molecule has 4 nitrogen and oxygen atoms in total. The highest BCUT2D eigenvalue weighted by molar-refractivity contribution is 5.96. The fourth-order valence-corrected chi connectivity index (χ4v) is 5.45. The molecule has 0 radical (unpaired) electrons. The smallest absolute Gasteiger partial charge is 0.163 e. The molecule has 1 aliphatic carbocycles. The molecule has 0 spiro atoms. The maximum absolute atomic E-state index is 12.9. The first-order chi connectivity index (χ1) is 13.8. The summed E-state index contributed by atoms with van der Waals surface area (Å²) in [5.74, 6) is 0.503. The number of benzene rings is 1. The van der Waals surface area contributed by atoms with Gasteiger partial charge in [0.05, 0.1) is 6.10 Å². The van der Waals surface area contributed by atoms with Crippen molar-refractivity contribution in [2.24, 2.45) is 5.92 Å². The van der Waals surface area contributed by atoms with Crippen molar-refractivity contribution < 1.29 is 14.4 Å². The summed E-state index contributed by atoms with van der Waals surface area (Å²) < 4.78 is 0. The Balaban J connectivity index is 1.71. The van der Waals surface area contributed by atoms with Gasteiger partial charge < -0.3 is 0 Å². The number of carbonyl (C=O) groups is 2. The van der Waals surface area contributed by atoms with Crippen LogP contribution in [-0.2, 0) is 4.84 Å². The second-order valence-electron chi connectivity index (χ2n) is 9.96. The number of ketones is 1. The second-order valence-corrected chi connectivity index (χ2v) is 9.96. The molecule has 3 rings (SSSR count). The molecule has 0 amide bonds. The van der Waals surface area contributed by atoms with E-state index in [0.717, 1.165) is 38.4 Å². The first-order valence-corrected chi connectivity index (χ1v) is 11.3. The van der Waals surface area contributed by atoms with E-state index in [9.17, 15) is 9.59 Å². The quantitative estimate of drug-likeness (QED) is 0.417. The van der Waals surface area contributed by atoms with Gasteiger partial charge in [0.15, 0.2) is 5.78 Å². The van der Waals surface area contributed by atoms with Gasteiger partial charge in [-0.25, -0.2) is 0 Å². The van der Waals surface area contributed by atoms with Gasteiger partial charge in [0.1, 0.15) is 6.29 Å². The average Bonchev–Trinajstić information content (AvgIpc) is 2.71. The van der Waals surface area contributed by atoms with E-state index in [1.54, 1.807) is 24.3 Å². The minimum absolute atomic E-state index is 0.0640. The van der Waals surface area contributed by atoms with Gasteiger partial charge in [0.25, 0.3) is 0 Å². The van der Waals surface area contributed by atoms with E-state index >= 15 is 0 Å². The zero-order chi connectivity index (χ0) is 21.1. The number of hydrogen-bond donors (Lipinski definition) is 0. The maximum atomic E-state index is 12.9. The summed E-state index contributed by atoms with van der Waals surface area (Å²) in [6.07, 6.45) is 10.8. The fraction of sp³-hybridized carbons (Fsp3) is 0.680. The molecule has 1 aromatic rings. The highest BCUT2D eigenvalue weighted by Crippen LogP contribution is 2.45. The number of hydroxylamine groups is 2. The van der Waals surface area contributed by atoms with E-state index in [1.165, 1.54) is 19.3 Å². The van der Waals surface area contributed by atoms with E-state index in [-0.39, 0.29) is 16.9 Å². The summed E-state index contributed by atoms with van der Waals surface area (Å²) in [6.45, 7) is 9.06. The summed E-state index contributed by atoms with van der Waals surface area (Å²) in [5.41, 5.74) is 1.14. The van der Waals surface area contributed by atoms with Gasteiger partial charge in [-0.05, 0) is 58.8 Å². The molecule has 1 heterocycles. The van der Waals surface area contributed by atoms with Gasteiger partial charge in [0, 0.05) is 28.6 Å². The monoisotopic (exact) mass is 399 g/mol. The van der Waals surface area contributed by atoms with Crippen molar-refractivity contribution in [2.45, 2.75) is 103 Å². The van der Waals surface area contributed by atoms with Crippen LogP contribution < -0.4 is 0 Å². The normalized spacial score (nSPS) is 28.2. The Hall–Kier alpha value is -1.52. The third-order valence-electron chi connectivity index (χ3n) is 6.97. The Bertz CT molecular complexity index is 705. The lowest BCUT2D eigenvalue weighted by Gasteiger charge is -2.56. The molecule has 2 fully saturated rings. The molecule has 2 aliphatic rings.